The summed E-state index contributed by atoms with van der Waals surface area (Å²) >= 11 is 3.10. The van der Waals surface area contributed by atoms with Crippen LogP contribution in [0.4, 0.5) is 0 Å². The molecule has 4 rings (SSSR count). The molecule has 5 nitrogen and oxygen atoms in total. The summed E-state index contributed by atoms with van der Waals surface area (Å²) in [5, 5.41) is 11.6. The Balaban J connectivity index is 1.59. The van der Waals surface area contributed by atoms with Crippen molar-refractivity contribution in [2.45, 2.75) is 24.4 Å². The highest BCUT2D eigenvalue weighted by atomic mass is 32.2. The van der Waals surface area contributed by atoms with E-state index in [2.05, 4.69) is 10.2 Å². The Hall–Kier alpha value is -2.12. The van der Waals surface area contributed by atoms with Gasteiger partial charge in [-0.2, -0.15) is 0 Å². The van der Waals surface area contributed by atoms with Crippen molar-refractivity contribution in [3.05, 3.63) is 47.8 Å². The van der Waals surface area contributed by atoms with Crippen LogP contribution in [0.2, 0.25) is 0 Å². The smallest absolute Gasteiger partial charge is 0.233 e. The van der Waals surface area contributed by atoms with Gasteiger partial charge in [-0.1, -0.05) is 36.0 Å². The highest BCUT2D eigenvalue weighted by Gasteiger charge is 2.20. The zero-order valence-electron chi connectivity index (χ0n) is 14.4. The number of amides is 1. The molecular weight excluding hydrogens is 364 g/mol. The molecule has 1 saturated heterocycles. The Morgan fingerprint density at radius 3 is 2.58 bits per heavy atom. The predicted octanol–water partition coefficient (Wildman–Crippen LogP) is 4.10. The van der Waals surface area contributed by atoms with Crippen molar-refractivity contribution < 1.29 is 4.79 Å². The van der Waals surface area contributed by atoms with Gasteiger partial charge in [0.2, 0.25) is 5.91 Å². The first-order chi connectivity index (χ1) is 12.8. The number of carbonyl (C=O) groups is 1. The molecule has 1 fully saturated rings. The van der Waals surface area contributed by atoms with E-state index in [9.17, 15) is 4.79 Å². The lowest BCUT2D eigenvalue weighted by Crippen LogP contribution is -2.36. The van der Waals surface area contributed by atoms with Crippen molar-refractivity contribution >= 4 is 29.0 Å². The number of aromatic nitrogens is 3. The van der Waals surface area contributed by atoms with E-state index in [1.54, 1.807) is 11.3 Å². The number of para-hydroxylation sites is 1. The zero-order chi connectivity index (χ0) is 17.8. The molecule has 134 valence electrons. The summed E-state index contributed by atoms with van der Waals surface area (Å²) in [6.07, 6.45) is 3.45. The highest BCUT2D eigenvalue weighted by molar-refractivity contribution is 7.99. The SMILES string of the molecule is O=C(CSc1nnc(-c2cccs2)n1-c1ccccc1)N1CCCCC1. The average Bonchev–Trinajstić information content (AvgIpc) is 3.37. The van der Waals surface area contributed by atoms with Crippen LogP contribution < -0.4 is 0 Å². The lowest BCUT2D eigenvalue weighted by molar-refractivity contribution is -0.129. The maximum absolute atomic E-state index is 12.5. The van der Waals surface area contributed by atoms with Crippen LogP contribution >= 0.6 is 23.1 Å². The predicted molar refractivity (Wildman–Crippen MR) is 106 cm³/mol. The van der Waals surface area contributed by atoms with Gasteiger partial charge in [0.1, 0.15) is 0 Å². The van der Waals surface area contributed by atoms with Crippen molar-refractivity contribution in [2.75, 3.05) is 18.8 Å². The quantitative estimate of drug-likeness (QED) is 0.622. The lowest BCUT2D eigenvalue weighted by Gasteiger charge is -2.26. The number of thioether (sulfide) groups is 1. The molecule has 1 aliphatic heterocycles. The Morgan fingerprint density at radius 1 is 1.04 bits per heavy atom. The van der Waals surface area contributed by atoms with E-state index in [0.29, 0.717) is 5.75 Å². The van der Waals surface area contributed by atoms with Crippen LogP contribution in [-0.4, -0.2) is 44.4 Å². The number of carbonyl (C=O) groups excluding carboxylic acids is 1. The first kappa shape index (κ1) is 17.3. The number of hydrogen-bond acceptors (Lipinski definition) is 5. The number of benzene rings is 1. The van der Waals surface area contributed by atoms with Crippen LogP contribution in [0.3, 0.4) is 0 Å². The van der Waals surface area contributed by atoms with E-state index in [0.717, 1.165) is 47.5 Å². The molecule has 26 heavy (non-hydrogen) atoms. The molecule has 1 amide bonds. The van der Waals surface area contributed by atoms with E-state index in [4.69, 9.17) is 0 Å². The molecule has 1 aromatic carbocycles. The van der Waals surface area contributed by atoms with Crippen molar-refractivity contribution in [3.63, 3.8) is 0 Å². The van der Waals surface area contributed by atoms with E-state index in [-0.39, 0.29) is 5.91 Å². The number of piperidine rings is 1. The summed E-state index contributed by atoms with van der Waals surface area (Å²) in [7, 11) is 0. The van der Waals surface area contributed by atoms with Gasteiger partial charge in [0.05, 0.1) is 10.6 Å². The van der Waals surface area contributed by atoms with E-state index in [1.165, 1.54) is 18.2 Å². The van der Waals surface area contributed by atoms with Crippen molar-refractivity contribution in [3.8, 4) is 16.4 Å². The van der Waals surface area contributed by atoms with Gasteiger partial charge >= 0.3 is 0 Å². The van der Waals surface area contributed by atoms with E-state index >= 15 is 0 Å². The van der Waals surface area contributed by atoms with Crippen molar-refractivity contribution in [2.24, 2.45) is 0 Å². The van der Waals surface area contributed by atoms with Gasteiger partial charge in [-0.25, -0.2) is 0 Å². The molecule has 1 aliphatic rings. The molecule has 7 heteroatoms. The molecule has 2 aromatic heterocycles. The summed E-state index contributed by atoms with van der Waals surface area (Å²) in [4.78, 5) is 15.5. The number of likely N-dealkylation sites (tertiary alicyclic amines) is 1. The van der Waals surface area contributed by atoms with Gasteiger partial charge in [0, 0.05) is 18.8 Å². The average molecular weight is 385 g/mol. The van der Waals surface area contributed by atoms with Gasteiger partial charge < -0.3 is 4.90 Å². The van der Waals surface area contributed by atoms with Crippen LogP contribution in [0.25, 0.3) is 16.4 Å². The number of nitrogens with zero attached hydrogens (tertiary/aromatic N) is 4. The topological polar surface area (TPSA) is 51.0 Å². The molecule has 0 bridgehead atoms. The van der Waals surface area contributed by atoms with Crippen LogP contribution in [0.1, 0.15) is 19.3 Å². The second kappa shape index (κ2) is 8.05. The van der Waals surface area contributed by atoms with Crippen LogP contribution in [-0.2, 0) is 4.79 Å². The summed E-state index contributed by atoms with van der Waals surface area (Å²) < 4.78 is 2.04. The Morgan fingerprint density at radius 2 is 1.85 bits per heavy atom. The monoisotopic (exact) mass is 384 g/mol. The molecule has 3 heterocycles. The van der Waals surface area contributed by atoms with Gasteiger partial charge in [-0.05, 0) is 42.8 Å². The minimum Gasteiger partial charge on any atom is -0.342 e. The maximum atomic E-state index is 12.5. The minimum atomic E-state index is 0.190. The second-order valence-electron chi connectivity index (χ2n) is 6.18. The number of thiophene rings is 1. The third-order valence-electron chi connectivity index (χ3n) is 4.42. The molecule has 0 radical (unpaired) electrons. The molecule has 0 N–H and O–H groups in total. The largest absolute Gasteiger partial charge is 0.342 e. The van der Waals surface area contributed by atoms with Crippen LogP contribution in [0, 0.1) is 0 Å². The molecular formula is C19H20N4OS2. The minimum absolute atomic E-state index is 0.190. The first-order valence-corrected chi connectivity index (χ1v) is 10.6. The lowest BCUT2D eigenvalue weighted by atomic mass is 10.1. The van der Waals surface area contributed by atoms with Gasteiger partial charge in [-0.15, -0.1) is 21.5 Å². The Kier molecular flexibility index (Phi) is 5.36. The fourth-order valence-electron chi connectivity index (χ4n) is 3.10. The van der Waals surface area contributed by atoms with E-state index < -0.39 is 0 Å². The van der Waals surface area contributed by atoms with Crippen molar-refractivity contribution in [1.82, 2.24) is 19.7 Å². The third kappa shape index (κ3) is 3.68. The Bertz CT molecular complexity index is 855. The van der Waals surface area contributed by atoms with Gasteiger partial charge in [-0.3, -0.25) is 9.36 Å². The normalized spacial score (nSPS) is 14.5. The Labute approximate surface area is 161 Å². The molecule has 0 atom stereocenters. The van der Waals surface area contributed by atoms with E-state index in [1.807, 2.05) is 57.3 Å². The fourth-order valence-corrected chi connectivity index (χ4v) is 4.65. The number of rotatable bonds is 5. The number of hydrogen-bond donors (Lipinski definition) is 0. The third-order valence-corrected chi connectivity index (χ3v) is 6.20. The summed E-state index contributed by atoms with van der Waals surface area (Å²) in [6, 6.07) is 14.1. The molecule has 0 unspecified atom stereocenters. The maximum Gasteiger partial charge on any atom is 0.233 e. The first-order valence-electron chi connectivity index (χ1n) is 8.78. The fraction of sp³-hybridized carbons (Fsp3) is 0.316. The summed E-state index contributed by atoms with van der Waals surface area (Å²) in [5.41, 5.74) is 1.01. The molecule has 3 aromatic rings. The summed E-state index contributed by atoms with van der Waals surface area (Å²) in [5.74, 6) is 1.41. The van der Waals surface area contributed by atoms with Crippen LogP contribution in [0.5, 0.6) is 0 Å². The van der Waals surface area contributed by atoms with Crippen molar-refractivity contribution in [1.29, 1.82) is 0 Å². The second-order valence-corrected chi connectivity index (χ2v) is 8.07. The van der Waals surface area contributed by atoms with Crippen LogP contribution in [0.15, 0.2) is 53.0 Å². The zero-order valence-corrected chi connectivity index (χ0v) is 16.0. The molecule has 0 spiro atoms. The molecule has 0 saturated carbocycles. The molecule has 0 aliphatic carbocycles. The van der Waals surface area contributed by atoms with Gasteiger partial charge in [0.25, 0.3) is 0 Å². The summed E-state index contributed by atoms with van der Waals surface area (Å²) in [6.45, 7) is 1.76. The standard InChI is InChI=1S/C19H20N4OS2/c24-17(22-11-5-2-6-12-22)14-26-19-21-20-18(16-10-7-13-25-16)23(19)15-8-3-1-4-9-15/h1,3-4,7-10,13H,2,5-6,11-12,14H2. The van der Waals surface area contributed by atoms with Gasteiger partial charge in [0.15, 0.2) is 11.0 Å². The highest BCUT2D eigenvalue weighted by Crippen LogP contribution is 2.30.